The van der Waals surface area contributed by atoms with Gasteiger partial charge in [0.1, 0.15) is 15.9 Å². The predicted molar refractivity (Wildman–Crippen MR) is 84.2 cm³/mol. The molecule has 20 heavy (non-hydrogen) atoms. The van der Waals surface area contributed by atoms with Gasteiger partial charge in [-0.25, -0.2) is 0 Å². The fraction of sp³-hybridized carbons (Fsp3) is 0. The number of hydrogen-bond donors (Lipinski definition) is 1. The smallest absolute Gasteiger partial charge is 0.110 e. The summed E-state index contributed by atoms with van der Waals surface area (Å²) in [5, 5.41) is 13.5. The molecule has 0 saturated heterocycles. The van der Waals surface area contributed by atoms with E-state index in [9.17, 15) is 0 Å². The summed E-state index contributed by atoms with van der Waals surface area (Å²) >= 11 is 1.48. The number of nitrogens with one attached hydrogen (secondary N) is 1. The van der Waals surface area contributed by atoms with Gasteiger partial charge >= 0.3 is 0 Å². The van der Waals surface area contributed by atoms with Gasteiger partial charge in [0.05, 0.1) is 0 Å². The van der Waals surface area contributed by atoms with Crippen molar-refractivity contribution in [2.75, 3.05) is 5.32 Å². The van der Waals surface area contributed by atoms with Crippen molar-refractivity contribution in [1.29, 1.82) is 5.26 Å². The van der Waals surface area contributed by atoms with Gasteiger partial charge in [-0.05, 0) is 23.8 Å². The molecule has 0 bridgehead atoms. The van der Waals surface area contributed by atoms with Crippen LogP contribution in [0.25, 0.3) is 11.1 Å². The molecule has 0 atom stereocenters. The summed E-state index contributed by atoms with van der Waals surface area (Å²) in [6.45, 7) is 0. The molecular weight excluding hydrogens is 264 g/mol. The number of thiophene rings is 1. The molecule has 0 fully saturated rings. The molecule has 3 heteroatoms. The molecule has 0 aliphatic rings. The molecule has 96 valence electrons. The Bertz CT molecular complexity index is 740. The van der Waals surface area contributed by atoms with Gasteiger partial charge < -0.3 is 5.32 Å². The van der Waals surface area contributed by atoms with Crippen molar-refractivity contribution in [1.82, 2.24) is 0 Å². The SMILES string of the molecule is N#Cc1cc(-c2ccccc2)c(Nc2ccccc2)s1. The zero-order valence-electron chi connectivity index (χ0n) is 10.7. The van der Waals surface area contributed by atoms with E-state index in [0.717, 1.165) is 21.8 Å². The Morgan fingerprint density at radius 2 is 1.55 bits per heavy atom. The first-order valence-corrected chi connectivity index (χ1v) is 7.10. The summed E-state index contributed by atoms with van der Waals surface area (Å²) in [5.74, 6) is 0. The second kappa shape index (κ2) is 5.60. The van der Waals surface area contributed by atoms with Gasteiger partial charge in [0.15, 0.2) is 0 Å². The third kappa shape index (κ3) is 2.56. The van der Waals surface area contributed by atoms with E-state index in [0.29, 0.717) is 4.88 Å². The van der Waals surface area contributed by atoms with E-state index in [4.69, 9.17) is 5.26 Å². The number of hydrogen-bond acceptors (Lipinski definition) is 3. The summed E-state index contributed by atoms with van der Waals surface area (Å²) < 4.78 is 0. The first-order chi connectivity index (χ1) is 9.86. The lowest BCUT2D eigenvalue weighted by molar-refractivity contribution is 1.52. The summed E-state index contributed by atoms with van der Waals surface area (Å²) in [4.78, 5) is 0.710. The van der Waals surface area contributed by atoms with Gasteiger partial charge in [0.25, 0.3) is 0 Å². The monoisotopic (exact) mass is 276 g/mol. The van der Waals surface area contributed by atoms with Crippen LogP contribution in [0, 0.1) is 11.3 Å². The highest BCUT2D eigenvalue weighted by atomic mass is 32.1. The van der Waals surface area contributed by atoms with Crippen LogP contribution in [0.2, 0.25) is 0 Å². The quantitative estimate of drug-likeness (QED) is 0.728. The third-order valence-electron chi connectivity index (χ3n) is 2.96. The van der Waals surface area contributed by atoms with Crippen molar-refractivity contribution in [3.05, 3.63) is 71.6 Å². The molecule has 3 aromatic rings. The highest BCUT2D eigenvalue weighted by Gasteiger charge is 2.10. The standard InChI is InChI=1S/C17H12N2S/c18-12-15-11-16(13-7-3-1-4-8-13)17(20-15)19-14-9-5-2-6-10-14/h1-11,19H. The summed E-state index contributed by atoms with van der Waals surface area (Å²) in [5.41, 5.74) is 3.20. The molecular formula is C17H12N2S. The molecule has 1 aromatic heterocycles. The number of rotatable bonds is 3. The Morgan fingerprint density at radius 1 is 0.900 bits per heavy atom. The third-order valence-corrected chi connectivity index (χ3v) is 3.91. The lowest BCUT2D eigenvalue weighted by Gasteiger charge is -2.07. The maximum atomic E-state index is 9.12. The zero-order chi connectivity index (χ0) is 13.8. The average molecular weight is 276 g/mol. The number of para-hydroxylation sites is 1. The second-order valence-electron chi connectivity index (χ2n) is 4.32. The molecule has 2 nitrogen and oxygen atoms in total. The van der Waals surface area contributed by atoms with Gasteiger partial charge in [0.2, 0.25) is 0 Å². The number of anilines is 2. The normalized spacial score (nSPS) is 9.95. The van der Waals surface area contributed by atoms with Crippen molar-refractivity contribution >= 4 is 22.0 Å². The minimum Gasteiger partial charge on any atom is -0.347 e. The zero-order valence-corrected chi connectivity index (χ0v) is 11.5. The minimum atomic E-state index is 0.710. The van der Waals surface area contributed by atoms with Crippen LogP contribution in [0.15, 0.2) is 66.7 Å². The molecule has 0 radical (unpaired) electrons. The van der Waals surface area contributed by atoms with Crippen LogP contribution in [0.3, 0.4) is 0 Å². The van der Waals surface area contributed by atoms with Crippen LogP contribution in [-0.2, 0) is 0 Å². The van der Waals surface area contributed by atoms with Crippen LogP contribution < -0.4 is 5.32 Å². The van der Waals surface area contributed by atoms with Crippen LogP contribution in [0.1, 0.15) is 4.88 Å². The van der Waals surface area contributed by atoms with Crippen LogP contribution in [0.4, 0.5) is 10.7 Å². The topological polar surface area (TPSA) is 35.8 Å². The maximum absolute atomic E-state index is 9.12. The molecule has 0 saturated carbocycles. The van der Waals surface area contributed by atoms with E-state index in [-0.39, 0.29) is 0 Å². The van der Waals surface area contributed by atoms with Crippen molar-refractivity contribution < 1.29 is 0 Å². The lowest BCUT2D eigenvalue weighted by Crippen LogP contribution is -1.88. The fourth-order valence-electron chi connectivity index (χ4n) is 2.02. The van der Waals surface area contributed by atoms with Crippen molar-refractivity contribution in [3.63, 3.8) is 0 Å². The summed E-state index contributed by atoms with van der Waals surface area (Å²) in [6, 6.07) is 24.3. The number of nitriles is 1. The Balaban J connectivity index is 2.02. The van der Waals surface area contributed by atoms with Gasteiger partial charge in [-0.3, -0.25) is 0 Å². The largest absolute Gasteiger partial charge is 0.347 e. The molecule has 0 amide bonds. The molecule has 0 aliphatic heterocycles. The molecule has 2 aromatic carbocycles. The highest BCUT2D eigenvalue weighted by molar-refractivity contribution is 7.17. The number of nitrogens with zero attached hydrogens (tertiary/aromatic N) is 1. The highest BCUT2D eigenvalue weighted by Crippen LogP contribution is 2.37. The molecule has 0 unspecified atom stereocenters. The van der Waals surface area contributed by atoms with Gasteiger partial charge in [0, 0.05) is 11.3 Å². The van der Waals surface area contributed by atoms with Crippen molar-refractivity contribution in [2.24, 2.45) is 0 Å². The van der Waals surface area contributed by atoms with Crippen LogP contribution in [-0.4, -0.2) is 0 Å². The molecule has 1 heterocycles. The lowest BCUT2D eigenvalue weighted by atomic mass is 10.1. The van der Waals surface area contributed by atoms with Gasteiger partial charge in [-0.15, -0.1) is 11.3 Å². The van der Waals surface area contributed by atoms with Crippen molar-refractivity contribution in [3.8, 4) is 17.2 Å². The van der Waals surface area contributed by atoms with Crippen LogP contribution in [0.5, 0.6) is 0 Å². The maximum Gasteiger partial charge on any atom is 0.110 e. The fourth-order valence-corrected chi connectivity index (χ4v) is 2.92. The van der Waals surface area contributed by atoms with Crippen LogP contribution >= 0.6 is 11.3 Å². The van der Waals surface area contributed by atoms with E-state index >= 15 is 0 Å². The summed E-state index contributed by atoms with van der Waals surface area (Å²) in [6.07, 6.45) is 0. The van der Waals surface area contributed by atoms with E-state index in [2.05, 4.69) is 23.5 Å². The molecule has 3 rings (SSSR count). The molecule has 0 aliphatic carbocycles. The molecule has 1 N–H and O–H groups in total. The van der Waals surface area contributed by atoms with Crippen molar-refractivity contribution in [2.45, 2.75) is 0 Å². The summed E-state index contributed by atoms with van der Waals surface area (Å²) in [7, 11) is 0. The molecule has 0 spiro atoms. The predicted octanol–water partition coefficient (Wildman–Crippen LogP) is 5.03. The second-order valence-corrected chi connectivity index (χ2v) is 5.37. The van der Waals surface area contributed by atoms with E-state index in [1.54, 1.807) is 0 Å². The van der Waals surface area contributed by atoms with E-state index in [1.807, 2.05) is 54.6 Å². The van der Waals surface area contributed by atoms with E-state index < -0.39 is 0 Å². The Labute approximate surface area is 121 Å². The van der Waals surface area contributed by atoms with E-state index in [1.165, 1.54) is 11.3 Å². The van der Waals surface area contributed by atoms with Gasteiger partial charge in [-0.1, -0.05) is 48.5 Å². The Kier molecular flexibility index (Phi) is 3.49. The average Bonchev–Trinajstić information content (AvgIpc) is 2.92. The van der Waals surface area contributed by atoms with Gasteiger partial charge in [-0.2, -0.15) is 5.26 Å². The minimum absolute atomic E-state index is 0.710. The first kappa shape index (κ1) is 12.5. The Hall–Kier alpha value is -2.57. The number of benzene rings is 2. The first-order valence-electron chi connectivity index (χ1n) is 6.28. The Morgan fingerprint density at radius 3 is 2.20 bits per heavy atom.